The number of carboxylic acids is 1. The number of carbonyl (C=O) groups is 1. The van der Waals surface area contributed by atoms with Crippen LogP contribution < -0.4 is 10.6 Å². The van der Waals surface area contributed by atoms with Gasteiger partial charge >= 0.3 is 5.97 Å². The maximum absolute atomic E-state index is 10.6. The Morgan fingerprint density at radius 3 is 2.87 bits per heavy atom. The number of hydrogen-bond acceptors (Lipinski definition) is 4. The van der Waals surface area contributed by atoms with E-state index in [1.54, 1.807) is 12.3 Å². The molecule has 0 saturated carbocycles. The van der Waals surface area contributed by atoms with Crippen molar-refractivity contribution in [2.24, 2.45) is 5.73 Å². The van der Waals surface area contributed by atoms with Gasteiger partial charge in [0.1, 0.15) is 11.9 Å². The maximum Gasteiger partial charge on any atom is 0.320 e. The molecule has 5 heteroatoms. The van der Waals surface area contributed by atoms with Crippen LogP contribution in [0.5, 0.6) is 0 Å². The van der Waals surface area contributed by atoms with Gasteiger partial charge in [-0.25, -0.2) is 4.98 Å². The van der Waals surface area contributed by atoms with Crippen LogP contribution in [-0.2, 0) is 11.2 Å². The number of hydrogen-bond donors (Lipinski definition) is 2. The third-order valence-electron chi connectivity index (χ3n) is 2.05. The van der Waals surface area contributed by atoms with Gasteiger partial charge in [0, 0.05) is 26.7 Å². The van der Waals surface area contributed by atoms with Crippen molar-refractivity contribution in [3.05, 3.63) is 23.9 Å². The second kappa shape index (κ2) is 4.75. The van der Waals surface area contributed by atoms with E-state index < -0.39 is 12.0 Å². The Kier molecular flexibility index (Phi) is 3.62. The van der Waals surface area contributed by atoms with Crippen molar-refractivity contribution in [1.82, 2.24) is 4.98 Å². The first kappa shape index (κ1) is 11.5. The van der Waals surface area contributed by atoms with Crippen LogP contribution in [0.3, 0.4) is 0 Å². The first-order valence-electron chi connectivity index (χ1n) is 4.62. The average molecular weight is 209 g/mol. The molecule has 1 unspecified atom stereocenters. The highest BCUT2D eigenvalue weighted by Crippen LogP contribution is 2.15. The Morgan fingerprint density at radius 2 is 2.33 bits per heavy atom. The highest BCUT2D eigenvalue weighted by atomic mass is 16.4. The molecular weight excluding hydrogens is 194 g/mol. The molecular formula is C10H15N3O2. The fourth-order valence-electron chi connectivity index (χ4n) is 1.32. The molecule has 0 aliphatic carbocycles. The lowest BCUT2D eigenvalue weighted by molar-refractivity contribution is -0.138. The Morgan fingerprint density at radius 1 is 1.67 bits per heavy atom. The molecule has 0 amide bonds. The SMILES string of the molecule is CN(C)c1ncccc1CC(N)C(=O)O. The quantitative estimate of drug-likeness (QED) is 0.735. The number of rotatable bonds is 4. The van der Waals surface area contributed by atoms with Gasteiger partial charge in [0.2, 0.25) is 0 Å². The second-order valence-electron chi connectivity index (χ2n) is 3.53. The maximum atomic E-state index is 10.6. The van der Waals surface area contributed by atoms with Gasteiger partial charge in [0.25, 0.3) is 0 Å². The molecule has 0 aliphatic heterocycles. The zero-order chi connectivity index (χ0) is 11.4. The zero-order valence-electron chi connectivity index (χ0n) is 8.84. The Balaban J connectivity index is 2.89. The minimum atomic E-state index is -0.997. The summed E-state index contributed by atoms with van der Waals surface area (Å²) in [5, 5.41) is 8.71. The van der Waals surface area contributed by atoms with Crippen LogP contribution in [0.2, 0.25) is 0 Å². The predicted molar refractivity (Wildman–Crippen MR) is 57.9 cm³/mol. The van der Waals surface area contributed by atoms with Gasteiger partial charge in [-0.15, -0.1) is 0 Å². The molecule has 1 aromatic rings. The normalized spacial score (nSPS) is 12.2. The second-order valence-corrected chi connectivity index (χ2v) is 3.53. The minimum absolute atomic E-state index is 0.288. The van der Waals surface area contributed by atoms with Crippen molar-refractivity contribution in [2.75, 3.05) is 19.0 Å². The summed E-state index contributed by atoms with van der Waals surface area (Å²) in [6.45, 7) is 0. The minimum Gasteiger partial charge on any atom is -0.480 e. The highest BCUT2D eigenvalue weighted by molar-refractivity contribution is 5.74. The smallest absolute Gasteiger partial charge is 0.320 e. The standard InChI is InChI=1S/C10H15N3O2/c1-13(2)9-7(4-3-5-12-9)6-8(11)10(14)15/h3-5,8H,6,11H2,1-2H3,(H,14,15). The van der Waals surface area contributed by atoms with Crippen LogP contribution in [0.15, 0.2) is 18.3 Å². The van der Waals surface area contributed by atoms with E-state index in [1.165, 1.54) is 0 Å². The van der Waals surface area contributed by atoms with E-state index in [-0.39, 0.29) is 6.42 Å². The number of pyridine rings is 1. The van der Waals surface area contributed by atoms with Gasteiger partial charge in [-0.05, 0) is 11.6 Å². The molecule has 1 rings (SSSR count). The Bertz CT molecular complexity index is 352. The van der Waals surface area contributed by atoms with Crippen LogP contribution >= 0.6 is 0 Å². The molecule has 1 atom stereocenters. The van der Waals surface area contributed by atoms with Gasteiger partial charge in [0.15, 0.2) is 0 Å². The number of aromatic nitrogens is 1. The van der Waals surface area contributed by atoms with Crippen molar-refractivity contribution >= 4 is 11.8 Å². The summed E-state index contributed by atoms with van der Waals surface area (Å²) < 4.78 is 0. The van der Waals surface area contributed by atoms with Crippen LogP contribution in [0, 0.1) is 0 Å². The first-order chi connectivity index (χ1) is 7.02. The van der Waals surface area contributed by atoms with E-state index in [1.807, 2.05) is 25.1 Å². The first-order valence-corrected chi connectivity index (χ1v) is 4.62. The summed E-state index contributed by atoms with van der Waals surface area (Å²) in [6, 6.07) is 2.73. The van der Waals surface area contributed by atoms with Crippen LogP contribution in [-0.4, -0.2) is 36.2 Å². The third-order valence-corrected chi connectivity index (χ3v) is 2.05. The molecule has 0 radical (unpaired) electrons. The van der Waals surface area contributed by atoms with Gasteiger partial charge in [0.05, 0.1) is 0 Å². The fraction of sp³-hybridized carbons (Fsp3) is 0.400. The van der Waals surface area contributed by atoms with E-state index >= 15 is 0 Å². The van der Waals surface area contributed by atoms with E-state index in [0.717, 1.165) is 11.4 Å². The van der Waals surface area contributed by atoms with E-state index in [2.05, 4.69) is 4.98 Å². The molecule has 15 heavy (non-hydrogen) atoms. The van der Waals surface area contributed by atoms with Crippen molar-refractivity contribution < 1.29 is 9.90 Å². The van der Waals surface area contributed by atoms with Crippen molar-refractivity contribution in [1.29, 1.82) is 0 Å². The van der Waals surface area contributed by atoms with E-state index in [0.29, 0.717) is 0 Å². The largest absolute Gasteiger partial charge is 0.480 e. The summed E-state index contributed by atoms with van der Waals surface area (Å²) in [4.78, 5) is 16.6. The lowest BCUT2D eigenvalue weighted by Crippen LogP contribution is -2.32. The van der Waals surface area contributed by atoms with Crippen molar-refractivity contribution in [3.63, 3.8) is 0 Å². The lowest BCUT2D eigenvalue weighted by atomic mass is 10.1. The van der Waals surface area contributed by atoms with Gasteiger partial charge in [-0.2, -0.15) is 0 Å². The summed E-state index contributed by atoms with van der Waals surface area (Å²) in [5.41, 5.74) is 6.32. The molecule has 0 aromatic carbocycles. The number of nitrogens with two attached hydrogens (primary N) is 1. The van der Waals surface area contributed by atoms with E-state index in [4.69, 9.17) is 10.8 Å². The molecule has 82 valence electrons. The number of carboxylic acid groups (broad SMARTS) is 1. The number of aliphatic carboxylic acids is 1. The van der Waals surface area contributed by atoms with Crippen molar-refractivity contribution in [2.45, 2.75) is 12.5 Å². The molecule has 0 saturated heterocycles. The molecule has 0 spiro atoms. The zero-order valence-corrected chi connectivity index (χ0v) is 8.84. The van der Waals surface area contributed by atoms with Crippen molar-refractivity contribution in [3.8, 4) is 0 Å². The molecule has 3 N–H and O–H groups in total. The molecule has 0 fully saturated rings. The molecule has 0 bridgehead atoms. The molecule has 0 aliphatic rings. The third kappa shape index (κ3) is 2.92. The highest BCUT2D eigenvalue weighted by Gasteiger charge is 2.15. The van der Waals surface area contributed by atoms with Gasteiger partial charge in [-0.1, -0.05) is 6.07 Å². The summed E-state index contributed by atoms with van der Waals surface area (Å²) in [5.74, 6) is -0.238. The fourth-order valence-corrected chi connectivity index (χ4v) is 1.32. The Hall–Kier alpha value is -1.62. The lowest BCUT2D eigenvalue weighted by Gasteiger charge is -2.16. The van der Waals surface area contributed by atoms with Crippen LogP contribution in [0.4, 0.5) is 5.82 Å². The molecule has 1 aromatic heterocycles. The number of anilines is 1. The number of nitrogens with zero attached hydrogens (tertiary/aromatic N) is 2. The predicted octanol–water partition coefficient (Wildman–Crippen LogP) is 0.102. The average Bonchev–Trinajstić information content (AvgIpc) is 2.18. The monoisotopic (exact) mass is 209 g/mol. The topological polar surface area (TPSA) is 79.5 Å². The van der Waals surface area contributed by atoms with Gasteiger partial charge < -0.3 is 15.7 Å². The molecule has 1 heterocycles. The summed E-state index contributed by atoms with van der Waals surface area (Å²) >= 11 is 0. The molecule has 5 nitrogen and oxygen atoms in total. The summed E-state index contributed by atoms with van der Waals surface area (Å²) in [6.07, 6.45) is 1.96. The van der Waals surface area contributed by atoms with E-state index in [9.17, 15) is 4.79 Å². The van der Waals surface area contributed by atoms with Crippen LogP contribution in [0.25, 0.3) is 0 Å². The Labute approximate surface area is 88.5 Å². The van der Waals surface area contributed by atoms with Gasteiger partial charge in [-0.3, -0.25) is 4.79 Å². The van der Waals surface area contributed by atoms with Crippen LogP contribution in [0.1, 0.15) is 5.56 Å². The summed E-state index contributed by atoms with van der Waals surface area (Å²) in [7, 11) is 3.72.